The smallest absolute Gasteiger partial charge is 0.242 e. The summed E-state index contributed by atoms with van der Waals surface area (Å²) in [6.07, 6.45) is 5.04. The molecule has 0 saturated carbocycles. The van der Waals surface area contributed by atoms with Gasteiger partial charge in [0.1, 0.15) is 16.5 Å². The Bertz CT molecular complexity index is 638. The van der Waals surface area contributed by atoms with Crippen LogP contribution < -0.4 is 16.0 Å². The van der Waals surface area contributed by atoms with E-state index in [1.54, 1.807) is 12.4 Å². The maximum absolute atomic E-state index is 12.3. The quantitative estimate of drug-likeness (QED) is 0.455. The molecule has 108 valence electrons. The van der Waals surface area contributed by atoms with Crippen molar-refractivity contribution in [3.8, 4) is 0 Å². The molecule has 0 aliphatic rings. The fraction of sp³-hybridized carbons (Fsp3) is 0.273. The Balaban J connectivity index is 2.21. The molecule has 2 heterocycles. The van der Waals surface area contributed by atoms with Crippen LogP contribution >= 0.6 is 0 Å². The number of nitrogen functional groups attached to an aromatic ring is 1. The molecule has 2 aromatic rings. The molecule has 2 rings (SSSR count). The second-order valence-corrected chi connectivity index (χ2v) is 5.79. The van der Waals surface area contributed by atoms with Gasteiger partial charge in [-0.3, -0.25) is 0 Å². The molecule has 1 unspecified atom stereocenters. The van der Waals surface area contributed by atoms with Gasteiger partial charge in [-0.2, -0.15) is 0 Å². The maximum atomic E-state index is 12.3. The maximum Gasteiger partial charge on any atom is 0.242 e. The molecule has 9 heteroatoms. The Morgan fingerprint density at radius 1 is 1.40 bits per heavy atom. The first-order valence-corrected chi connectivity index (χ1v) is 7.49. The summed E-state index contributed by atoms with van der Waals surface area (Å²) in [5, 5.41) is 0. The standard InChI is InChI=1S/C11H16N6O2S/c1-2-9(11-13-5-6-14-11)17-20(18,19)8-3-4-10(16-12)15-7-8/h3-7,9,17H,2,12H2,1H3,(H,13,14)(H,15,16). The molecule has 5 N–H and O–H groups in total. The number of nitrogens with zero attached hydrogens (tertiary/aromatic N) is 2. The van der Waals surface area contributed by atoms with Crippen LogP contribution in [0.5, 0.6) is 0 Å². The molecule has 0 amide bonds. The molecule has 20 heavy (non-hydrogen) atoms. The molecular formula is C11H16N6O2S. The third kappa shape index (κ3) is 3.13. The number of imidazole rings is 1. The van der Waals surface area contributed by atoms with E-state index in [9.17, 15) is 8.42 Å². The number of aromatic amines is 1. The first-order valence-electron chi connectivity index (χ1n) is 6.01. The van der Waals surface area contributed by atoms with Gasteiger partial charge in [-0.05, 0) is 18.6 Å². The van der Waals surface area contributed by atoms with Gasteiger partial charge in [-0.1, -0.05) is 6.92 Å². The zero-order valence-corrected chi connectivity index (χ0v) is 11.7. The molecule has 0 saturated heterocycles. The van der Waals surface area contributed by atoms with Gasteiger partial charge in [-0.15, -0.1) is 0 Å². The van der Waals surface area contributed by atoms with Crippen LogP contribution in [0.3, 0.4) is 0 Å². The van der Waals surface area contributed by atoms with Crippen LogP contribution in [0, 0.1) is 0 Å². The van der Waals surface area contributed by atoms with E-state index < -0.39 is 16.1 Å². The number of nitrogens with one attached hydrogen (secondary N) is 3. The van der Waals surface area contributed by atoms with Crippen molar-refractivity contribution < 1.29 is 8.42 Å². The van der Waals surface area contributed by atoms with Gasteiger partial charge in [0.2, 0.25) is 10.0 Å². The molecule has 0 bridgehead atoms. The molecule has 0 spiro atoms. The van der Waals surface area contributed by atoms with E-state index in [0.29, 0.717) is 18.1 Å². The molecule has 0 aliphatic carbocycles. The second kappa shape index (κ2) is 5.99. The number of anilines is 1. The Labute approximate surface area is 116 Å². The second-order valence-electron chi connectivity index (χ2n) is 4.08. The van der Waals surface area contributed by atoms with E-state index in [1.165, 1.54) is 18.3 Å². The van der Waals surface area contributed by atoms with Crippen molar-refractivity contribution in [2.75, 3.05) is 5.43 Å². The molecule has 1 atom stereocenters. The topological polar surface area (TPSA) is 126 Å². The highest BCUT2D eigenvalue weighted by atomic mass is 32.2. The van der Waals surface area contributed by atoms with E-state index in [-0.39, 0.29) is 4.90 Å². The van der Waals surface area contributed by atoms with Crippen molar-refractivity contribution in [1.82, 2.24) is 19.7 Å². The summed E-state index contributed by atoms with van der Waals surface area (Å²) in [5.41, 5.74) is 2.34. The number of hydrazine groups is 1. The van der Waals surface area contributed by atoms with Gasteiger partial charge in [0.15, 0.2) is 0 Å². The van der Waals surface area contributed by atoms with Gasteiger partial charge >= 0.3 is 0 Å². The third-order valence-electron chi connectivity index (χ3n) is 2.75. The number of sulfonamides is 1. The average molecular weight is 296 g/mol. The summed E-state index contributed by atoms with van der Waals surface area (Å²) < 4.78 is 27.1. The van der Waals surface area contributed by atoms with Crippen LogP contribution in [0.2, 0.25) is 0 Å². The van der Waals surface area contributed by atoms with Crippen molar-refractivity contribution in [2.24, 2.45) is 5.84 Å². The molecule has 0 fully saturated rings. The SMILES string of the molecule is CCC(NS(=O)(=O)c1ccc(NN)nc1)c1ncc[nH]1. The van der Waals surface area contributed by atoms with Gasteiger partial charge in [-0.25, -0.2) is 29.0 Å². The zero-order chi connectivity index (χ0) is 14.6. The molecule has 0 aromatic carbocycles. The zero-order valence-electron chi connectivity index (χ0n) is 10.9. The predicted molar refractivity (Wildman–Crippen MR) is 74.0 cm³/mol. The molecule has 2 aromatic heterocycles. The summed E-state index contributed by atoms with van der Waals surface area (Å²) in [7, 11) is -3.66. The van der Waals surface area contributed by atoms with E-state index in [0.717, 1.165) is 0 Å². The Morgan fingerprint density at radius 3 is 2.70 bits per heavy atom. The number of pyridine rings is 1. The molecule has 0 aliphatic heterocycles. The number of hydrogen-bond acceptors (Lipinski definition) is 6. The van der Waals surface area contributed by atoms with Crippen molar-refractivity contribution in [2.45, 2.75) is 24.3 Å². The molecule has 0 radical (unpaired) electrons. The molecular weight excluding hydrogens is 280 g/mol. The van der Waals surface area contributed by atoms with Crippen molar-refractivity contribution >= 4 is 15.8 Å². The minimum Gasteiger partial charge on any atom is -0.347 e. The van der Waals surface area contributed by atoms with Crippen LogP contribution in [0.1, 0.15) is 25.2 Å². The largest absolute Gasteiger partial charge is 0.347 e. The summed E-state index contributed by atoms with van der Waals surface area (Å²) in [4.78, 5) is 10.9. The highest BCUT2D eigenvalue weighted by molar-refractivity contribution is 7.89. The number of nitrogens with two attached hydrogens (primary N) is 1. The first kappa shape index (κ1) is 14.4. The van der Waals surface area contributed by atoms with Crippen LogP contribution in [0.15, 0.2) is 35.6 Å². The van der Waals surface area contributed by atoms with E-state index in [2.05, 4.69) is 25.1 Å². The van der Waals surface area contributed by atoms with Crippen LogP contribution in [0.4, 0.5) is 5.82 Å². The first-order chi connectivity index (χ1) is 9.56. The highest BCUT2D eigenvalue weighted by Crippen LogP contribution is 2.17. The lowest BCUT2D eigenvalue weighted by molar-refractivity contribution is 0.539. The number of aromatic nitrogens is 3. The highest BCUT2D eigenvalue weighted by Gasteiger charge is 2.21. The third-order valence-corrected chi connectivity index (χ3v) is 4.21. The summed E-state index contributed by atoms with van der Waals surface area (Å²) in [6, 6.07) is 2.50. The van der Waals surface area contributed by atoms with Crippen LogP contribution in [0.25, 0.3) is 0 Å². The van der Waals surface area contributed by atoms with Gasteiger partial charge in [0, 0.05) is 18.6 Å². The Kier molecular flexibility index (Phi) is 4.32. The van der Waals surface area contributed by atoms with Gasteiger partial charge in [0.05, 0.1) is 6.04 Å². The van der Waals surface area contributed by atoms with Crippen molar-refractivity contribution in [1.29, 1.82) is 0 Å². The lowest BCUT2D eigenvalue weighted by Crippen LogP contribution is -2.29. The lowest BCUT2D eigenvalue weighted by Gasteiger charge is -2.15. The average Bonchev–Trinajstić information content (AvgIpc) is 2.99. The van der Waals surface area contributed by atoms with Crippen molar-refractivity contribution in [3.63, 3.8) is 0 Å². The molecule has 8 nitrogen and oxygen atoms in total. The number of H-pyrrole nitrogens is 1. The van der Waals surface area contributed by atoms with Gasteiger partial charge < -0.3 is 10.4 Å². The summed E-state index contributed by atoms with van der Waals surface area (Å²) in [6.45, 7) is 1.87. The lowest BCUT2D eigenvalue weighted by atomic mass is 10.2. The monoisotopic (exact) mass is 296 g/mol. The van der Waals surface area contributed by atoms with Gasteiger partial charge in [0.25, 0.3) is 0 Å². The number of rotatable bonds is 6. The fourth-order valence-corrected chi connectivity index (χ4v) is 2.91. The van der Waals surface area contributed by atoms with E-state index in [4.69, 9.17) is 5.84 Å². The Morgan fingerprint density at radius 2 is 2.20 bits per heavy atom. The van der Waals surface area contributed by atoms with Crippen LogP contribution in [-0.4, -0.2) is 23.4 Å². The predicted octanol–water partition coefficient (Wildman–Crippen LogP) is 0.520. The minimum atomic E-state index is -3.66. The minimum absolute atomic E-state index is 0.0708. The normalized spacial score (nSPS) is 13.1. The van der Waals surface area contributed by atoms with Crippen molar-refractivity contribution in [3.05, 3.63) is 36.5 Å². The van der Waals surface area contributed by atoms with E-state index >= 15 is 0 Å². The fourth-order valence-electron chi connectivity index (χ4n) is 1.68. The Hall–Kier alpha value is -1.97. The van der Waals surface area contributed by atoms with E-state index in [1.807, 2.05) is 6.92 Å². The summed E-state index contributed by atoms with van der Waals surface area (Å²) in [5.74, 6) is 6.15. The summed E-state index contributed by atoms with van der Waals surface area (Å²) >= 11 is 0. The number of hydrogen-bond donors (Lipinski definition) is 4. The van der Waals surface area contributed by atoms with Crippen LogP contribution in [-0.2, 0) is 10.0 Å².